The third kappa shape index (κ3) is 6.44. The van der Waals surface area contributed by atoms with E-state index in [9.17, 15) is 22.6 Å². The van der Waals surface area contributed by atoms with Gasteiger partial charge in [-0.1, -0.05) is 30.3 Å². The summed E-state index contributed by atoms with van der Waals surface area (Å²) in [6, 6.07) is 21.0. The van der Waals surface area contributed by atoms with Gasteiger partial charge >= 0.3 is 29.6 Å². The first kappa shape index (κ1) is 35.0. The Labute approximate surface area is 312 Å². The smallest absolute Gasteiger partial charge is 0.744 e. The second-order valence-corrected chi connectivity index (χ2v) is 12.9. The predicted molar refractivity (Wildman–Crippen MR) is 185 cm³/mol. The molecule has 13 nitrogen and oxygen atoms in total. The van der Waals surface area contributed by atoms with Crippen molar-refractivity contribution in [3.8, 4) is 16.9 Å². The first-order valence-electron chi connectivity index (χ1n) is 14.7. The molecule has 1 aliphatic rings. The van der Waals surface area contributed by atoms with Crippen LogP contribution in [0.5, 0.6) is 5.75 Å². The Kier molecular flexibility index (Phi) is 9.43. The summed E-state index contributed by atoms with van der Waals surface area (Å²) in [4.78, 5) is 38.9. The summed E-state index contributed by atoms with van der Waals surface area (Å²) in [5, 5.41) is 9.47. The maximum atomic E-state index is 14.0. The Morgan fingerprint density at radius 1 is 0.800 bits per heavy atom. The van der Waals surface area contributed by atoms with Gasteiger partial charge in [0, 0.05) is 41.5 Å². The predicted octanol–water partition coefficient (Wildman–Crippen LogP) is 3.04. The number of aromatic nitrogens is 4. The van der Waals surface area contributed by atoms with Crippen LogP contribution >= 0.6 is 11.6 Å². The molecule has 0 amide bonds. The minimum Gasteiger partial charge on any atom is -0.744 e. The molecule has 7 rings (SSSR count). The molecule has 3 N–H and O–H groups in total. The van der Waals surface area contributed by atoms with Crippen LogP contribution in [0, 0.1) is 6.92 Å². The number of benzene rings is 4. The summed E-state index contributed by atoms with van der Waals surface area (Å²) in [6.07, 6.45) is 0. The summed E-state index contributed by atoms with van der Waals surface area (Å²) in [7, 11) is -1.83. The molecule has 2 aromatic heterocycles. The third-order valence-electron chi connectivity index (χ3n) is 8.18. The van der Waals surface area contributed by atoms with Gasteiger partial charge in [0.1, 0.15) is 15.9 Å². The van der Waals surface area contributed by atoms with Crippen molar-refractivity contribution in [3.63, 3.8) is 0 Å². The van der Waals surface area contributed by atoms with E-state index in [1.165, 1.54) is 22.8 Å². The number of carbonyl (C=O) groups excluding carboxylic acids is 1. The maximum Gasteiger partial charge on any atom is 1.00 e. The van der Waals surface area contributed by atoms with E-state index in [-0.39, 0.29) is 80.7 Å². The van der Waals surface area contributed by atoms with Crippen LogP contribution in [0.1, 0.15) is 21.5 Å². The summed E-state index contributed by atoms with van der Waals surface area (Å²) < 4.78 is 43.9. The molecule has 2 heterocycles. The normalized spacial score (nSPS) is 11.8. The Morgan fingerprint density at radius 2 is 1.52 bits per heavy atom. The number of rotatable bonds is 8. The number of anilines is 6. The SMILES string of the molecule is COc1ccc(C)c(Nc2nc(Cl)nc(Nc3ccc(S(=O)(=O)[O-])c(Nc4ccc5c6c(cc(=O)n5C)-c5ccccc5C(=O)c46)c3)n2)c1.[Na+]. The molecule has 4 aromatic carbocycles. The number of fused-ring (bicyclic) bond motifs is 2. The standard InChI is InChI=1S/C34H26ClN7O6S.Na/c1-17-8-10-19(48-3)15-24(17)38-34-40-32(35)39-33(41-34)36-18-9-13-27(49(45,46)47)25(14-18)37-23-11-12-26-29-22(16-28(43)42(26)2)20-6-4-5-7-21(20)31(44)30(23)29;/h4-16,37H,1-3H3,(H,45,46,47)(H2,36,38,39,40,41);/q;+1/p-1. The van der Waals surface area contributed by atoms with Gasteiger partial charge in [0.05, 0.1) is 34.5 Å². The van der Waals surface area contributed by atoms with E-state index in [1.54, 1.807) is 56.6 Å². The Morgan fingerprint density at radius 3 is 2.24 bits per heavy atom. The van der Waals surface area contributed by atoms with Crippen LogP contribution in [0.15, 0.2) is 88.6 Å². The van der Waals surface area contributed by atoms with E-state index in [1.807, 2.05) is 19.1 Å². The Hall–Kier alpha value is -4.83. The molecule has 16 heteroatoms. The van der Waals surface area contributed by atoms with E-state index in [0.29, 0.717) is 39.0 Å². The first-order chi connectivity index (χ1) is 23.4. The van der Waals surface area contributed by atoms with Gasteiger partial charge in [-0.05, 0) is 71.6 Å². The Balaban J connectivity index is 0.00000432. The van der Waals surface area contributed by atoms with Crippen molar-refractivity contribution in [1.29, 1.82) is 0 Å². The van der Waals surface area contributed by atoms with Crippen molar-refractivity contribution in [2.45, 2.75) is 11.8 Å². The van der Waals surface area contributed by atoms with Gasteiger partial charge in [0.25, 0.3) is 5.56 Å². The van der Waals surface area contributed by atoms with Gasteiger partial charge in [-0.2, -0.15) is 15.0 Å². The average Bonchev–Trinajstić information content (AvgIpc) is 3.06. The van der Waals surface area contributed by atoms with Gasteiger partial charge < -0.3 is 29.8 Å². The molecule has 246 valence electrons. The molecule has 0 bridgehead atoms. The molecule has 0 unspecified atom stereocenters. The van der Waals surface area contributed by atoms with Crippen LogP contribution in [0.25, 0.3) is 22.0 Å². The molecular formula is C34H25ClN7NaO6S. The minimum absolute atomic E-state index is 0. The van der Waals surface area contributed by atoms with Gasteiger partial charge in [0.15, 0.2) is 5.78 Å². The number of ketones is 1. The largest absolute Gasteiger partial charge is 1.00 e. The molecule has 0 radical (unpaired) electrons. The van der Waals surface area contributed by atoms with Crippen molar-refractivity contribution in [2.24, 2.45) is 7.05 Å². The van der Waals surface area contributed by atoms with Gasteiger partial charge in [-0.3, -0.25) is 9.59 Å². The molecule has 0 fully saturated rings. The fourth-order valence-electron chi connectivity index (χ4n) is 5.80. The number of hydrogen-bond acceptors (Lipinski definition) is 12. The van der Waals surface area contributed by atoms with E-state index in [2.05, 4.69) is 30.9 Å². The van der Waals surface area contributed by atoms with Crippen molar-refractivity contribution in [2.75, 3.05) is 23.1 Å². The molecule has 0 saturated heterocycles. The number of methoxy groups -OCH3 is 1. The molecule has 50 heavy (non-hydrogen) atoms. The van der Waals surface area contributed by atoms with Gasteiger partial charge in [0.2, 0.25) is 17.2 Å². The number of pyridine rings is 1. The fraction of sp³-hybridized carbons (Fsp3) is 0.0882. The third-order valence-corrected chi connectivity index (χ3v) is 9.24. The zero-order valence-electron chi connectivity index (χ0n) is 27.0. The summed E-state index contributed by atoms with van der Waals surface area (Å²) >= 11 is 6.22. The van der Waals surface area contributed by atoms with E-state index < -0.39 is 15.0 Å². The summed E-state index contributed by atoms with van der Waals surface area (Å²) in [5.74, 6) is 0.425. The topological polar surface area (TPSA) is 180 Å². The van der Waals surface area contributed by atoms with E-state index in [0.717, 1.165) is 11.6 Å². The van der Waals surface area contributed by atoms with E-state index >= 15 is 0 Å². The van der Waals surface area contributed by atoms with Crippen molar-refractivity contribution >= 4 is 73.1 Å². The average molecular weight is 718 g/mol. The number of ether oxygens (including phenoxy) is 1. The molecule has 0 atom stereocenters. The van der Waals surface area contributed by atoms with Crippen LogP contribution < -0.4 is 55.8 Å². The number of nitrogens with zero attached hydrogens (tertiary/aromatic N) is 4. The molecule has 0 saturated carbocycles. The molecule has 0 spiro atoms. The Bertz CT molecular complexity index is 2550. The number of aryl methyl sites for hydroxylation is 2. The van der Waals surface area contributed by atoms with Gasteiger partial charge in [-0.25, -0.2) is 8.42 Å². The quantitative estimate of drug-likeness (QED) is 0.155. The molecule has 6 aromatic rings. The zero-order valence-corrected chi connectivity index (χ0v) is 30.6. The van der Waals surface area contributed by atoms with Crippen LogP contribution in [-0.2, 0) is 17.2 Å². The van der Waals surface area contributed by atoms with Crippen molar-refractivity contribution in [1.82, 2.24) is 19.5 Å². The number of nitrogens with one attached hydrogen (secondary N) is 3. The number of carbonyl (C=O) groups is 1. The molecule has 1 aliphatic carbocycles. The van der Waals surface area contributed by atoms with Gasteiger partial charge in [-0.15, -0.1) is 0 Å². The molecular weight excluding hydrogens is 693 g/mol. The molecule has 0 aliphatic heterocycles. The van der Waals surface area contributed by atoms with Crippen LogP contribution in [0.2, 0.25) is 5.28 Å². The summed E-state index contributed by atoms with van der Waals surface area (Å²) in [6.45, 7) is 1.89. The maximum absolute atomic E-state index is 14.0. The first-order valence-corrected chi connectivity index (χ1v) is 16.5. The van der Waals surface area contributed by atoms with E-state index in [4.69, 9.17) is 16.3 Å². The van der Waals surface area contributed by atoms with Crippen molar-refractivity contribution in [3.05, 3.63) is 111 Å². The monoisotopic (exact) mass is 717 g/mol. The van der Waals surface area contributed by atoms with Crippen LogP contribution in [0.4, 0.5) is 34.6 Å². The van der Waals surface area contributed by atoms with Crippen LogP contribution in [0.3, 0.4) is 0 Å². The number of halogens is 1. The summed E-state index contributed by atoms with van der Waals surface area (Å²) in [5.41, 5.74) is 4.01. The second kappa shape index (κ2) is 13.5. The second-order valence-electron chi connectivity index (χ2n) is 11.2. The number of hydrogen-bond donors (Lipinski definition) is 3. The van der Waals surface area contributed by atoms with Crippen LogP contribution in [-0.4, -0.2) is 45.4 Å². The fourth-order valence-corrected chi connectivity index (χ4v) is 6.57. The zero-order chi connectivity index (χ0) is 34.6. The minimum atomic E-state index is -4.99. The van der Waals surface area contributed by atoms with Crippen molar-refractivity contribution < 1.29 is 52.1 Å².